The van der Waals surface area contributed by atoms with Crippen LogP contribution < -0.4 is 0 Å². The molecule has 16 heavy (non-hydrogen) atoms. The van der Waals surface area contributed by atoms with Gasteiger partial charge in [-0.25, -0.2) is 0 Å². The Bertz CT molecular complexity index is 275. The molecule has 3 fully saturated rings. The Labute approximate surface area is 98.0 Å². The maximum atomic E-state index is 6.08. The van der Waals surface area contributed by atoms with Crippen LogP contribution in [0, 0.1) is 5.92 Å². The summed E-state index contributed by atoms with van der Waals surface area (Å²) in [6.45, 7) is 9.36. The normalized spacial score (nSPS) is 44.2. The molecule has 0 unspecified atom stereocenters. The van der Waals surface area contributed by atoms with E-state index in [4.69, 9.17) is 14.0 Å². The quantitative estimate of drug-likeness (QED) is 0.639. The molecule has 90 valence electrons. The van der Waals surface area contributed by atoms with Gasteiger partial charge in [0.2, 0.25) is 0 Å². The fraction of sp³-hybridized carbons (Fsp3) is 1.00. The van der Waals surface area contributed by atoms with E-state index in [9.17, 15) is 0 Å². The minimum absolute atomic E-state index is 0.0573. The van der Waals surface area contributed by atoms with Crippen LogP contribution in [0.5, 0.6) is 0 Å². The summed E-state index contributed by atoms with van der Waals surface area (Å²) in [5.74, 6) is 1.16. The van der Waals surface area contributed by atoms with Gasteiger partial charge in [-0.15, -0.1) is 0 Å². The topological polar surface area (TPSA) is 27.7 Å². The molecule has 0 spiro atoms. The Kier molecular flexibility index (Phi) is 2.24. The molecule has 3 atom stereocenters. The van der Waals surface area contributed by atoms with E-state index >= 15 is 0 Å². The minimum Gasteiger partial charge on any atom is -0.403 e. The largest absolute Gasteiger partial charge is 0.464 e. The highest BCUT2D eigenvalue weighted by atomic mass is 16.7. The van der Waals surface area contributed by atoms with E-state index in [1.54, 1.807) is 0 Å². The van der Waals surface area contributed by atoms with E-state index in [1.165, 1.54) is 12.8 Å². The second-order valence-corrected chi connectivity index (χ2v) is 6.34. The van der Waals surface area contributed by atoms with Gasteiger partial charge in [-0.3, -0.25) is 0 Å². The first-order valence-corrected chi connectivity index (χ1v) is 6.40. The summed E-state index contributed by atoms with van der Waals surface area (Å²) in [7, 11) is -0.0573. The van der Waals surface area contributed by atoms with Crippen LogP contribution >= 0.6 is 0 Å². The average Bonchev–Trinajstić information content (AvgIpc) is 2.84. The molecule has 0 aromatic carbocycles. The highest BCUT2D eigenvalue weighted by Gasteiger charge is 2.65. The SMILES string of the molecule is CC1(C)OB([C@H]2[C@@H]3CCCO[C@@H]32)OC1(C)C. The molecule has 1 saturated carbocycles. The molecule has 0 amide bonds. The molecule has 4 heteroatoms. The zero-order valence-corrected chi connectivity index (χ0v) is 10.7. The molecule has 3 nitrogen and oxygen atoms in total. The highest BCUT2D eigenvalue weighted by Crippen LogP contribution is 2.58. The van der Waals surface area contributed by atoms with E-state index in [0.29, 0.717) is 17.8 Å². The van der Waals surface area contributed by atoms with Gasteiger partial charge in [-0.1, -0.05) is 0 Å². The van der Waals surface area contributed by atoms with Gasteiger partial charge in [0.15, 0.2) is 0 Å². The second kappa shape index (κ2) is 3.24. The Balaban J connectivity index is 1.71. The molecular formula is C12H21BO3. The predicted molar refractivity (Wildman–Crippen MR) is 62.3 cm³/mol. The predicted octanol–water partition coefficient (Wildman–Crippen LogP) is 2.26. The van der Waals surface area contributed by atoms with Gasteiger partial charge < -0.3 is 14.0 Å². The summed E-state index contributed by atoms with van der Waals surface area (Å²) >= 11 is 0. The van der Waals surface area contributed by atoms with Crippen LogP contribution in [0.2, 0.25) is 5.82 Å². The molecule has 0 aromatic heterocycles. The summed E-state index contributed by atoms with van der Waals surface area (Å²) in [5.41, 5.74) is -0.410. The van der Waals surface area contributed by atoms with Crippen LogP contribution in [0.15, 0.2) is 0 Å². The van der Waals surface area contributed by atoms with Crippen molar-refractivity contribution >= 4 is 7.12 Å². The summed E-state index contributed by atoms with van der Waals surface area (Å²) < 4.78 is 17.9. The molecule has 0 aromatic rings. The smallest absolute Gasteiger partial charge is 0.403 e. The lowest BCUT2D eigenvalue weighted by Crippen LogP contribution is -2.41. The Morgan fingerprint density at radius 1 is 1.06 bits per heavy atom. The first-order valence-electron chi connectivity index (χ1n) is 6.40. The lowest BCUT2D eigenvalue weighted by molar-refractivity contribution is 0.00578. The third-order valence-electron chi connectivity index (χ3n) is 4.73. The number of fused-ring (bicyclic) bond motifs is 1. The fourth-order valence-electron chi connectivity index (χ4n) is 2.90. The number of hydrogen-bond donors (Lipinski definition) is 0. The second-order valence-electron chi connectivity index (χ2n) is 6.34. The van der Waals surface area contributed by atoms with Crippen LogP contribution in [-0.2, 0) is 14.0 Å². The Hall–Kier alpha value is -0.0551. The van der Waals surface area contributed by atoms with Crippen molar-refractivity contribution in [2.24, 2.45) is 5.92 Å². The van der Waals surface area contributed by atoms with E-state index in [1.807, 2.05) is 0 Å². The van der Waals surface area contributed by atoms with E-state index in [-0.39, 0.29) is 18.3 Å². The summed E-state index contributed by atoms with van der Waals surface area (Å²) in [4.78, 5) is 0. The molecule has 2 saturated heterocycles. The molecule has 1 aliphatic carbocycles. The summed E-state index contributed by atoms with van der Waals surface area (Å²) in [6, 6.07) is 0. The lowest BCUT2D eigenvalue weighted by Gasteiger charge is -2.32. The van der Waals surface area contributed by atoms with Crippen LogP contribution in [0.3, 0.4) is 0 Å². The van der Waals surface area contributed by atoms with Crippen molar-refractivity contribution in [2.45, 2.75) is 63.7 Å². The lowest BCUT2D eigenvalue weighted by atomic mass is 9.80. The van der Waals surface area contributed by atoms with Gasteiger partial charge in [0.05, 0.1) is 17.3 Å². The molecule has 3 rings (SSSR count). The molecule has 3 aliphatic rings. The minimum atomic E-state index is -0.205. The average molecular weight is 224 g/mol. The van der Waals surface area contributed by atoms with Crippen molar-refractivity contribution in [3.05, 3.63) is 0 Å². The van der Waals surface area contributed by atoms with Crippen molar-refractivity contribution in [1.29, 1.82) is 0 Å². The van der Waals surface area contributed by atoms with Crippen molar-refractivity contribution in [2.75, 3.05) is 6.61 Å². The fourth-order valence-corrected chi connectivity index (χ4v) is 2.90. The van der Waals surface area contributed by atoms with Crippen LogP contribution in [0.4, 0.5) is 0 Å². The highest BCUT2D eigenvalue weighted by molar-refractivity contribution is 6.49. The first kappa shape index (κ1) is 11.1. The first-order chi connectivity index (χ1) is 7.42. The van der Waals surface area contributed by atoms with Gasteiger partial charge in [0.1, 0.15) is 0 Å². The Morgan fingerprint density at radius 2 is 1.69 bits per heavy atom. The van der Waals surface area contributed by atoms with Gasteiger partial charge in [-0.05, 0) is 46.5 Å². The summed E-state index contributed by atoms with van der Waals surface area (Å²) in [5, 5.41) is 0. The number of hydrogen-bond acceptors (Lipinski definition) is 3. The molecule has 2 heterocycles. The third kappa shape index (κ3) is 1.46. The maximum Gasteiger partial charge on any atom is 0.464 e. The number of ether oxygens (including phenoxy) is 1. The van der Waals surface area contributed by atoms with Crippen molar-refractivity contribution < 1.29 is 14.0 Å². The van der Waals surface area contributed by atoms with Crippen LogP contribution in [0.1, 0.15) is 40.5 Å². The van der Waals surface area contributed by atoms with Crippen molar-refractivity contribution in [1.82, 2.24) is 0 Å². The van der Waals surface area contributed by atoms with Gasteiger partial charge in [0, 0.05) is 12.4 Å². The van der Waals surface area contributed by atoms with E-state index < -0.39 is 0 Å². The van der Waals surface area contributed by atoms with Crippen molar-refractivity contribution in [3.63, 3.8) is 0 Å². The molecule has 0 N–H and O–H groups in total. The van der Waals surface area contributed by atoms with Crippen LogP contribution in [-0.4, -0.2) is 31.0 Å². The van der Waals surface area contributed by atoms with E-state index in [0.717, 1.165) is 6.61 Å². The van der Waals surface area contributed by atoms with Crippen molar-refractivity contribution in [3.8, 4) is 0 Å². The number of rotatable bonds is 1. The van der Waals surface area contributed by atoms with Crippen LogP contribution in [0.25, 0.3) is 0 Å². The van der Waals surface area contributed by atoms with Gasteiger partial charge >= 0.3 is 7.12 Å². The maximum absolute atomic E-state index is 6.08. The standard InChI is InChI=1S/C12H21BO3/c1-11(2)12(3,4)16-13(15-11)9-8-6-5-7-14-10(8)9/h8-10H,5-7H2,1-4H3/t8-,9-,10-/m0/s1. The zero-order valence-electron chi connectivity index (χ0n) is 10.7. The molecular weight excluding hydrogens is 203 g/mol. The van der Waals surface area contributed by atoms with Gasteiger partial charge in [-0.2, -0.15) is 0 Å². The monoisotopic (exact) mass is 224 g/mol. The molecule has 0 radical (unpaired) electrons. The summed E-state index contributed by atoms with van der Waals surface area (Å²) in [6.07, 6.45) is 2.87. The third-order valence-corrected chi connectivity index (χ3v) is 4.73. The molecule has 2 aliphatic heterocycles. The van der Waals surface area contributed by atoms with E-state index in [2.05, 4.69) is 27.7 Å². The molecule has 0 bridgehead atoms. The zero-order chi connectivity index (χ0) is 11.6. The Morgan fingerprint density at radius 3 is 2.19 bits per heavy atom. The van der Waals surface area contributed by atoms with Gasteiger partial charge in [0.25, 0.3) is 0 Å².